The van der Waals surface area contributed by atoms with Gasteiger partial charge in [0, 0.05) is 6.54 Å². The Labute approximate surface area is 86.5 Å². The molecule has 0 heterocycles. The second-order valence-corrected chi connectivity index (χ2v) is 5.30. The molecule has 0 spiro atoms. The first-order valence-corrected chi connectivity index (χ1v) is 4.88. The van der Waals surface area contributed by atoms with Crippen LogP contribution in [-0.4, -0.2) is 12.5 Å². The zero-order chi connectivity index (χ0) is 11.4. The van der Waals surface area contributed by atoms with E-state index in [1.54, 1.807) is 13.8 Å². The lowest BCUT2D eigenvalue weighted by molar-refractivity contribution is -0.126. The van der Waals surface area contributed by atoms with E-state index < -0.39 is 5.41 Å². The van der Waals surface area contributed by atoms with Crippen molar-refractivity contribution in [1.29, 1.82) is 5.26 Å². The Hall–Kier alpha value is -1.04. The van der Waals surface area contributed by atoms with Gasteiger partial charge in [-0.25, -0.2) is 0 Å². The molecule has 14 heavy (non-hydrogen) atoms. The molecule has 1 amide bonds. The van der Waals surface area contributed by atoms with Crippen LogP contribution in [0.15, 0.2) is 0 Å². The van der Waals surface area contributed by atoms with E-state index in [-0.39, 0.29) is 11.3 Å². The van der Waals surface area contributed by atoms with Gasteiger partial charge in [0.2, 0.25) is 5.91 Å². The Morgan fingerprint density at radius 2 is 1.79 bits per heavy atom. The number of nitrogens with one attached hydrogen (secondary N) is 1. The first-order valence-electron chi connectivity index (χ1n) is 4.88. The molecular formula is C11H20N2O. The summed E-state index contributed by atoms with van der Waals surface area (Å²) in [5.41, 5.74) is -0.706. The van der Waals surface area contributed by atoms with E-state index in [0.717, 1.165) is 6.42 Å². The summed E-state index contributed by atoms with van der Waals surface area (Å²) in [5, 5.41) is 11.5. The Morgan fingerprint density at radius 1 is 1.29 bits per heavy atom. The van der Waals surface area contributed by atoms with Gasteiger partial charge < -0.3 is 5.32 Å². The molecule has 0 bridgehead atoms. The van der Waals surface area contributed by atoms with Crippen LogP contribution >= 0.6 is 0 Å². The van der Waals surface area contributed by atoms with Gasteiger partial charge >= 0.3 is 0 Å². The molecule has 0 saturated heterocycles. The average molecular weight is 196 g/mol. The highest BCUT2D eigenvalue weighted by molar-refractivity contribution is 5.84. The molecule has 3 nitrogen and oxygen atoms in total. The van der Waals surface area contributed by atoms with Crippen molar-refractivity contribution in [3.05, 3.63) is 0 Å². The molecule has 80 valence electrons. The largest absolute Gasteiger partial charge is 0.355 e. The zero-order valence-corrected chi connectivity index (χ0v) is 9.77. The fourth-order valence-electron chi connectivity index (χ4n) is 0.823. The summed E-state index contributed by atoms with van der Waals surface area (Å²) in [6.45, 7) is 10.2. The third kappa shape index (κ3) is 4.86. The van der Waals surface area contributed by atoms with Crippen molar-refractivity contribution in [2.45, 2.75) is 41.0 Å². The van der Waals surface area contributed by atoms with Crippen LogP contribution < -0.4 is 5.32 Å². The minimum Gasteiger partial charge on any atom is -0.355 e. The Morgan fingerprint density at radius 3 is 2.14 bits per heavy atom. The molecule has 0 unspecified atom stereocenters. The molecule has 0 aromatic heterocycles. The van der Waals surface area contributed by atoms with E-state index in [1.807, 2.05) is 6.07 Å². The van der Waals surface area contributed by atoms with Gasteiger partial charge in [-0.1, -0.05) is 20.8 Å². The lowest BCUT2D eigenvalue weighted by Gasteiger charge is -2.20. The van der Waals surface area contributed by atoms with Gasteiger partial charge in [0.1, 0.15) is 5.41 Å². The van der Waals surface area contributed by atoms with Gasteiger partial charge in [0.05, 0.1) is 6.07 Å². The third-order valence-corrected chi connectivity index (χ3v) is 2.01. The van der Waals surface area contributed by atoms with E-state index in [0.29, 0.717) is 6.54 Å². The first kappa shape index (κ1) is 13.0. The molecule has 1 N–H and O–H groups in total. The van der Waals surface area contributed by atoms with Crippen LogP contribution in [-0.2, 0) is 4.79 Å². The van der Waals surface area contributed by atoms with Crippen LogP contribution in [0.3, 0.4) is 0 Å². The Kier molecular flexibility index (Phi) is 4.12. The van der Waals surface area contributed by atoms with Gasteiger partial charge in [-0.3, -0.25) is 4.79 Å². The van der Waals surface area contributed by atoms with Crippen molar-refractivity contribution in [3.63, 3.8) is 0 Å². The van der Waals surface area contributed by atoms with Crippen LogP contribution in [0.5, 0.6) is 0 Å². The molecule has 0 fully saturated rings. The van der Waals surface area contributed by atoms with E-state index >= 15 is 0 Å². The van der Waals surface area contributed by atoms with Crippen LogP contribution in [0, 0.1) is 22.2 Å². The molecule has 0 rings (SSSR count). The highest BCUT2D eigenvalue weighted by atomic mass is 16.2. The standard InChI is InChI=1S/C11H20N2O/c1-10(2,3)6-7-13-9(14)11(4,5)8-12/h6-7H2,1-5H3,(H,13,14). The number of amides is 1. The van der Waals surface area contributed by atoms with Crippen molar-refractivity contribution in [2.75, 3.05) is 6.54 Å². The molecule has 0 aliphatic carbocycles. The Bertz CT molecular complexity index is 243. The summed E-state index contributed by atoms with van der Waals surface area (Å²) >= 11 is 0. The lowest BCUT2D eigenvalue weighted by Crippen LogP contribution is -2.37. The number of rotatable bonds is 3. The van der Waals surface area contributed by atoms with Crippen LogP contribution in [0.1, 0.15) is 41.0 Å². The zero-order valence-electron chi connectivity index (χ0n) is 9.77. The quantitative estimate of drug-likeness (QED) is 0.751. The second kappa shape index (κ2) is 4.45. The van der Waals surface area contributed by atoms with Gasteiger partial charge in [-0.15, -0.1) is 0 Å². The van der Waals surface area contributed by atoms with Crippen molar-refractivity contribution in [2.24, 2.45) is 10.8 Å². The number of carbonyl (C=O) groups is 1. The summed E-state index contributed by atoms with van der Waals surface area (Å²) in [7, 11) is 0. The number of hydrogen-bond donors (Lipinski definition) is 1. The fraction of sp³-hybridized carbons (Fsp3) is 0.818. The van der Waals surface area contributed by atoms with Crippen molar-refractivity contribution >= 4 is 5.91 Å². The highest BCUT2D eigenvalue weighted by Crippen LogP contribution is 2.18. The molecule has 0 aromatic rings. The van der Waals surface area contributed by atoms with Gasteiger partial charge in [0.15, 0.2) is 0 Å². The number of nitrogens with zero attached hydrogens (tertiary/aromatic N) is 1. The first-order chi connectivity index (χ1) is 6.19. The number of hydrogen-bond acceptors (Lipinski definition) is 2. The maximum Gasteiger partial charge on any atom is 0.239 e. The number of nitriles is 1. The maximum atomic E-state index is 11.4. The average Bonchev–Trinajstić information content (AvgIpc) is 2.02. The Balaban J connectivity index is 3.95. The minimum atomic E-state index is -0.919. The predicted octanol–water partition coefficient (Wildman–Crippen LogP) is 2.09. The van der Waals surface area contributed by atoms with Gasteiger partial charge in [-0.2, -0.15) is 5.26 Å². The minimum absolute atomic E-state index is 0.191. The smallest absolute Gasteiger partial charge is 0.239 e. The molecule has 0 atom stereocenters. The van der Waals surface area contributed by atoms with Gasteiger partial charge in [-0.05, 0) is 25.7 Å². The molecule has 0 saturated carbocycles. The van der Waals surface area contributed by atoms with Crippen molar-refractivity contribution in [3.8, 4) is 6.07 Å². The van der Waals surface area contributed by atoms with E-state index in [1.165, 1.54) is 0 Å². The van der Waals surface area contributed by atoms with Crippen molar-refractivity contribution < 1.29 is 4.79 Å². The van der Waals surface area contributed by atoms with Crippen LogP contribution in [0.2, 0.25) is 0 Å². The summed E-state index contributed by atoms with van der Waals surface area (Å²) in [4.78, 5) is 11.4. The summed E-state index contributed by atoms with van der Waals surface area (Å²) in [6.07, 6.45) is 0.917. The van der Waals surface area contributed by atoms with Crippen LogP contribution in [0.25, 0.3) is 0 Å². The van der Waals surface area contributed by atoms with Gasteiger partial charge in [0.25, 0.3) is 0 Å². The molecule has 0 radical (unpaired) electrons. The monoisotopic (exact) mass is 196 g/mol. The van der Waals surface area contributed by atoms with Crippen LogP contribution in [0.4, 0.5) is 0 Å². The third-order valence-electron chi connectivity index (χ3n) is 2.01. The molecular weight excluding hydrogens is 176 g/mol. The van der Waals surface area contributed by atoms with Crippen molar-refractivity contribution in [1.82, 2.24) is 5.32 Å². The second-order valence-electron chi connectivity index (χ2n) is 5.30. The molecule has 0 aromatic carbocycles. The van der Waals surface area contributed by atoms with E-state index in [4.69, 9.17) is 5.26 Å². The topological polar surface area (TPSA) is 52.9 Å². The highest BCUT2D eigenvalue weighted by Gasteiger charge is 2.26. The number of carbonyl (C=O) groups excluding carboxylic acids is 1. The van der Waals surface area contributed by atoms with E-state index in [2.05, 4.69) is 26.1 Å². The predicted molar refractivity (Wildman–Crippen MR) is 56.5 cm³/mol. The molecule has 0 aliphatic rings. The summed E-state index contributed by atoms with van der Waals surface area (Å²) in [6, 6.07) is 1.98. The summed E-state index contributed by atoms with van der Waals surface area (Å²) in [5.74, 6) is -0.191. The van der Waals surface area contributed by atoms with E-state index in [9.17, 15) is 4.79 Å². The lowest BCUT2D eigenvalue weighted by atomic mass is 9.91. The molecule has 3 heteroatoms. The normalized spacial score (nSPS) is 12.0. The molecule has 0 aliphatic heterocycles. The SMILES string of the molecule is CC(C)(C)CCNC(=O)C(C)(C)C#N. The maximum absolute atomic E-state index is 11.4. The fourth-order valence-corrected chi connectivity index (χ4v) is 0.823. The summed E-state index contributed by atoms with van der Waals surface area (Å²) < 4.78 is 0.